The van der Waals surface area contributed by atoms with E-state index < -0.39 is 13.2 Å². The monoisotopic (exact) mass is 409 g/mol. The van der Waals surface area contributed by atoms with Gasteiger partial charge in [-0.3, -0.25) is 9.55 Å². The molecule has 1 N–H and O–H groups in total. The zero-order valence-electron chi connectivity index (χ0n) is 17.3. The van der Waals surface area contributed by atoms with Crippen LogP contribution in [0.2, 0.25) is 0 Å². The summed E-state index contributed by atoms with van der Waals surface area (Å²) in [4.78, 5) is 6.26. The number of pyridine rings is 1. The van der Waals surface area contributed by atoms with Gasteiger partial charge in [0, 0.05) is 48.7 Å². The molecule has 152 valence electrons. The van der Waals surface area contributed by atoms with Crippen molar-refractivity contribution in [3.63, 3.8) is 0 Å². The highest BCUT2D eigenvalue weighted by atomic mass is 31.2. The maximum absolute atomic E-state index is 14.5. The van der Waals surface area contributed by atoms with E-state index in [1.165, 1.54) is 0 Å². The SMILES string of the molecule is CC(C)O[P@@](=O)(c1ccc(N(C)C)cc1)[C@H](Nc1ccccc1)c1cccnc1. The van der Waals surface area contributed by atoms with E-state index in [4.69, 9.17) is 4.52 Å². The van der Waals surface area contributed by atoms with Crippen molar-refractivity contribution in [2.45, 2.75) is 25.7 Å². The molecule has 0 unspecified atom stereocenters. The predicted molar refractivity (Wildman–Crippen MR) is 121 cm³/mol. The fourth-order valence-electron chi connectivity index (χ4n) is 3.14. The Morgan fingerprint density at radius 2 is 1.66 bits per heavy atom. The van der Waals surface area contributed by atoms with E-state index in [0.717, 1.165) is 16.9 Å². The zero-order valence-corrected chi connectivity index (χ0v) is 18.2. The second-order valence-corrected chi connectivity index (χ2v) is 9.80. The van der Waals surface area contributed by atoms with E-state index >= 15 is 0 Å². The number of aromatic nitrogens is 1. The van der Waals surface area contributed by atoms with Crippen molar-refractivity contribution in [1.29, 1.82) is 0 Å². The average Bonchev–Trinajstić information content (AvgIpc) is 2.73. The van der Waals surface area contributed by atoms with Gasteiger partial charge in [-0.1, -0.05) is 24.3 Å². The first-order valence-electron chi connectivity index (χ1n) is 9.68. The normalized spacial score (nSPS) is 14.2. The molecular formula is C23H28N3O2P. The molecule has 1 heterocycles. The van der Waals surface area contributed by atoms with Gasteiger partial charge in [0.25, 0.3) is 7.37 Å². The third kappa shape index (κ3) is 5.06. The van der Waals surface area contributed by atoms with Gasteiger partial charge in [0.15, 0.2) is 0 Å². The molecule has 0 aliphatic rings. The van der Waals surface area contributed by atoms with Crippen LogP contribution in [0, 0.1) is 0 Å². The van der Waals surface area contributed by atoms with Crippen molar-refractivity contribution < 1.29 is 9.09 Å². The summed E-state index contributed by atoms with van der Waals surface area (Å²) >= 11 is 0. The first-order valence-corrected chi connectivity index (χ1v) is 11.4. The van der Waals surface area contributed by atoms with Gasteiger partial charge in [-0.25, -0.2) is 0 Å². The van der Waals surface area contributed by atoms with Gasteiger partial charge in [0.1, 0.15) is 5.78 Å². The van der Waals surface area contributed by atoms with Crippen LogP contribution in [0.25, 0.3) is 0 Å². The Morgan fingerprint density at radius 1 is 0.966 bits per heavy atom. The molecule has 0 saturated heterocycles. The summed E-state index contributed by atoms with van der Waals surface area (Å²) in [5.74, 6) is -0.564. The maximum atomic E-state index is 14.5. The Hall–Kier alpha value is -2.62. The number of benzene rings is 2. The molecule has 0 fully saturated rings. The van der Waals surface area contributed by atoms with Crippen LogP contribution in [-0.2, 0) is 9.09 Å². The molecule has 2 atom stereocenters. The number of nitrogens with one attached hydrogen (secondary N) is 1. The van der Waals surface area contributed by atoms with E-state index in [-0.39, 0.29) is 6.10 Å². The molecule has 2 aromatic carbocycles. The third-order valence-corrected chi connectivity index (χ3v) is 7.37. The molecule has 0 amide bonds. The van der Waals surface area contributed by atoms with Crippen LogP contribution in [0.4, 0.5) is 11.4 Å². The molecule has 3 aromatic rings. The zero-order chi connectivity index (χ0) is 20.9. The second-order valence-electron chi connectivity index (χ2n) is 7.36. The van der Waals surface area contributed by atoms with Crippen LogP contribution in [0.5, 0.6) is 0 Å². The van der Waals surface area contributed by atoms with Gasteiger partial charge in [-0.15, -0.1) is 0 Å². The van der Waals surface area contributed by atoms with E-state index in [1.54, 1.807) is 12.4 Å². The molecule has 0 bridgehead atoms. The Morgan fingerprint density at radius 3 is 2.21 bits per heavy atom. The number of para-hydroxylation sites is 1. The second kappa shape index (κ2) is 9.25. The Kier molecular flexibility index (Phi) is 6.73. The van der Waals surface area contributed by atoms with Crippen LogP contribution < -0.4 is 15.5 Å². The Bertz CT molecular complexity index is 945. The van der Waals surface area contributed by atoms with Crippen molar-refractivity contribution in [3.05, 3.63) is 84.7 Å². The van der Waals surface area contributed by atoms with Crippen LogP contribution in [0.15, 0.2) is 79.1 Å². The molecule has 0 radical (unpaired) electrons. The van der Waals surface area contributed by atoms with Crippen molar-refractivity contribution in [3.8, 4) is 0 Å². The summed E-state index contributed by atoms with van der Waals surface area (Å²) in [6, 6.07) is 21.3. The summed E-state index contributed by atoms with van der Waals surface area (Å²) in [5, 5.41) is 4.11. The van der Waals surface area contributed by atoms with E-state index in [2.05, 4.69) is 10.3 Å². The predicted octanol–water partition coefficient (Wildman–Crippen LogP) is 5.29. The molecule has 29 heavy (non-hydrogen) atoms. The molecule has 0 aliphatic carbocycles. The number of nitrogens with zero attached hydrogens (tertiary/aromatic N) is 2. The quantitative estimate of drug-likeness (QED) is 0.513. The van der Waals surface area contributed by atoms with Crippen LogP contribution in [-0.4, -0.2) is 25.2 Å². The standard InChI is InChI=1S/C23H28N3O2P/c1-18(2)28-29(27,22-14-12-21(13-15-22)26(3)4)23(19-9-8-16-24-17-19)25-20-10-6-5-7-11-20/h5-18,23,25H,1-4H3/t23-,29-/m0/s1. The van der Waals surface area contributed by atoms with Crippen molar-refractivity contribution in [2.24, 2.45) is 0 Å². The number of rotatable bonds is 8. The molecular weight excluding hydrogens is 381 g/mol. The van der Waals surface area contributed by atoms with Gasteiger partial charge in [0.05, 0.1) is 6.10 Å². The van der Waals surface area contributed by atoms with Crippen molar-refractivity contribution in [1.82, 2.24) is 4.98 Å². The van der Waals surface area contributed by atoms with E-state index in [0.29, 0.717) is 5.30 Å². The average molecular weight is 409 g/mol. The van der Waals surface area contributed by atoms with Crippen LogP contribution in [0.1, 0.15) is 25.2 Å². The molecule has 3 rings (SSSR count). The highest BCUT2D eigenvalue weighted by Gasteiger charge is 2.39. The maximum Gasteiger partial charge on any atom is 0.258 e. The van der Waals surface area contributed by atoms with Gasteiger partial charge in [0.2, 0.25) is 0 Å². The highest BCUT2D eigenvalue weighted by Crippen LogP contribution is 2.59. The minimum atomic E-state index is -3.35. The lowest BCUT2D eigenvalue weighted by molar-refractivity contribution is 0.245. The van der Waals surface area contributed by atoms with Gasteiger partial charge >= 0.3 is 0 Å². The highest BCUT2D eigenvalue weighted by molar-refractivity contribution is 7.67. The fourth-order valence-corrected chi connectivity index (χ4v) is 5.73. The molecule has 0 aliphatic heterocycles. The van der Waals surface area contributed by atoms with Crippen LogP contribution in [0.3, 0.4) is 0 Å². The fraction of sp³-hybridized carbons (Fsp3) is 0.261. The van der Waals surface area contributed by atoms with E-state index in [1.807, 2.05) is 99.6 Å². The topological polar surface area (TPSA) is 54.5 Å². The lowest BCUT2D eigenvalue weighted by Gasteiger charge is -2.31. The Balaban J connectivity index is 2.11. The summed E-state index contributed by atoms with van der Waals surface area (Å²) < 4.78 is 20.6. The molecule has 0 saturated carbocycles. The first kappa shape index (κ1) is 21.1. The summed E-state index contributed by atoms with van der Waals surface area (Å²) in [6.07, 6.45) is 3.25. The summed E-state index contributed by atoms with van der Waals surface area (Å²) in [7, 11) is 0.616. The molecule has 6 heteroatoms. The molecule has 5 nitrogen and oxygen atoms in total. The van der Waals surface area contributed by atoms with Gasteiger partial charge < -0.3 is 14.7 Å². The lowest BCUT2D eigenvalue weighted by atomic mass is 10.2. The lowest BCUT2D eigenvalue weighted by Crippen LogP contribution is -2.23. The minimum Gasteiger partial charge on any atom is -0.378 e. The van der Waals surface area contributed by atoms with Crippen LogP contribution >= 0.6 is 7.37 Å². The molecule has 0 spiro atoms. The van der Waals surface area contributed by atoms with Crippen molar-refractivity contribution in [2.75, 3.05) is 24.3 Å². The van der Waals surface area contributed by atoms with Gasteiger partial charge in [-0.2, -0.15) is 0 Å². The summed E-state index contributed by atoms with van der Waals surface area (Å²) in [6.45, 7) is 3.81. The minimum absolute atomic E-state index is 0.203. The third-order valence-electron chi connectivity index (χ3n) is 4.51. The molecule has 1 aromatic heterocycles. The number of hydrogen-bond donors (Lipinski definition) is 1. The smallest absolute Gasteiger partial charge is 0.258 e. The van der Waals surface area contributed by atoms with Crippen molar-refractivity contribution >= 4 is 24.0 Å². The van der Waals surface area contributed by atoms with Gasteiger partial charge in [-0.05, 0) is 56.3 Å². The number of anilines is 2. The first-order chi connectivity index (χ1) is 13.9. The summed E-state index contributed by atoms with van der Waals surface area (Å²) in [5.41, 5.74) is 2.73. The Labute approximate surface area is 173 Å². The number of hydrogen-bond acceptors (Lipinski definition) is 5. The largest absolute Gasteiger partial charge is 0.378 e. The van der Waals surface area contributed by atoms with E-state index in [9.17, 15) is 4.57 Å².